The molecule has 2 rings (SSSR count). The number of rotatable bonds is 5. The van der Waals surface area contributed by atoms with Gasteiger partial charge in [-0.05, 0) is 45.9 Å². The van der Waals surface area contributed by atoms with E-state index in [9.17, 15) is 18.4 Å². The lowest BCUT2D eigenvalue weighted by Gasteiger charge is -2.22. The Labute approximate surface area is 161 Å². The van der Waals surface area contributed by atoms with Crippen LogP contribution < -0.4 is 16.0 Å². The van der Waals surface area contributed by atoms with Gasteiger partial charge in [-0.15, -0.1) is 0 Å². The summed E-state index contributed by atoms with van der Waals surface area (Å²) < 4.78 is 32.1. The molecule has 1 unspecified atom stereocenters. The number of hydrogen-bond donors (Lipinski definition) is 3. The van der Waals surface area contributed by atoms with Crippen molar-refractivity contribution in [2.45, 2.75) is 39.3 Å². The number of carbonyl (C=O) groups excluding carboxylic acids is 2. The van der Waals surface area contributed by atoms with Gasteiger partial charge in [0.1, 0.15) is 23.3 Å². The average molecular weight is 392 g/mol. The maximum absolute atomic E-state index is 13.7. The predicted molar refractivity (Wildman–Crippen MR) is 101 cm³/mol. The van der Waals surface area contributed by atoms with Crippen molar-refractivity contribution in [1.29, 1.82) is 0 Å². The number of aromatic nitrogens is 1. The van der Waals surface area contributed by atoms with Crippen LogP contribution >= 0.6 is 0 Å². The number of halogens is 2. The standard InChI is InChI=1S/C19H22F2N4O3/c1-11(23-18(27)28-19(2,3)4)17(26)25-16-8-12(20)5-6-15(16)24-14-7-13(21)9-22-10-14/h5-11,24H,1-4H3,(H,23,27)(H,25,26). The number of benzene rings is 1. The highest BCUT2D eigenvalue weighted by Crippen LogP contribution is 2.26. The molecule has 3 N–H and O–H groups in total. The minimum absolute atomic E-state index is 0.118. The number of anilines is 3. The van der Waals surface area contributed by atoms with E-state index in [1.165, 1.54) is 31.3 Å². The zero-order chi connectivity index (χ0) is 20.9. The second kappa shape index (κ2) is 8.64. The van der Waals surface area contributed by atoms with Crippen LogP contribution in [0.3, 0.4) is 0 Å². The molecule has 1 aromatic carbocycles. The SMILES string of the molecule is CC(NC(=O)OC(C)(C)C)C(=O)Nc1cc(F)ccc1Nc1cncc(F)c1. The van der Waals surface area contributed by atoms with Crippen LogP contribution in [0.15, 0.2) is 36.7 Å². The zero-order valence-corrected chi connectivity index (χ0v) is 16.0. The molecule has 0 aliphatic carbocycles. The Balaban J connectivity index is 2.10. The molecule has 28 heavy (non-hydrogen) atoms. The van der Waals surface area contributed by atoms with Gasteiger partial charge in [-0.25, -0.2) is 13.6 Å². The molecule has 0 saturated heterocycles. The van der Waals surface area contributed by atoms with Crippen LogP contribution in [-0.2, 0) is 9.53 Å². The number of nitrogens with one attached hydrogen (secondary N) is 3. The molecule has 0 aliphatic heterocycles. The Kier molecular flexibility index (Phi) is 6.50. The van der Waals surface area contributed by atoms with Crippen molar-refractivity contribution >= 4 is 29.1 Å². The van der Waals surface area contributed by atoms with Crippen molar-refractivity contribution in [1.82, 2.24) is 10.3 Å². The Bertz CT molecular complexity index is 868. The molecule has 0 fully saturated rings. The third-order valence-corrected chi connectivity index (χ3v) is 3.35. The molecule has 2 aromatic rings. The van der Waals surface area contributed by atoms with Crippen LogP contribution in [0.5, 0.6) is 0 Å². The second-order valence-corrected chi connectivity index (χ2v) is 7.06. The fraction of sp³-hybridized carbons (Fsp3) is 0.316. The van der Waals surface area contributed by atoms with Crippen LogP contribution in [0.1, 0.15) is 27.7 Å². The number of hydrogen-bond acceptors (Lipinski definition) is 5. The molecular formula is C19H22F2N4O3. The van der Waals surface area contributed by atoms with Crippen LogP contribution in [0.25, 0.3) is 0 Å². The lowest BCUT2D eigenvalue weighted by Crippen LogP contribution is -2.44. The topological polar surface area (TPSA) is 92.3 Å². The monoisotopic (exact) mass is 392 g/mol. The third-order valence-electron chi connectivity index (χ3n) is 3.35. The number of pyridine rings is 1. The lowest BCUT2D eigenvalue weighted by atomic mass is 10.2. The van der Waals surface area contributed by atoms with E-state index in [-0.39, 0.29) is 5.69 Å². The largest absolute Gasteiger partial charge is 0.444 e. The van der Waals surface area contributed by atoms with Gasteiger partial charge in [0, 0.05) is 6.07 Å². The number of nitrogens with zero attached hydrogens (tertiary/aromatic N) is 1. The molecule has 9 heteroatoms. The minimum atomic E-state index is -0.943. The van der Waals surface area contributed by atoms with Gasteiger partial charge in [0.25, 0.3) is 0 Å². The van der Waals surface area contributed by atoms with Gasteiger partial charge in [0.15, 0.2) is 0 Å². The fourth-order valence-electron chi connectivity index (χ4n) is 2.16. The highest BCUT2D eigenvalue weighted by molar-refractivity contribution is 5.99. The van der Waals surface area contributed by atoms with Gasteiger partial charge in [-0.2, -0.15) is 0 Å². The Morgan fingerprint density at radius 3 is 2.43 bits per heavy atom. The van der Waals surface area contributed by atoms with E-state index in [0.717, 1.165) is 12.3 Å². The smallest absolute Gasteiger partial charge is 0.408 e. The van der Waals surface area contributed by atoms with Crippen LogP contribution in [0, 0.1) is 11.6 Å². The molecule has 0 spiro atoms. The average Bonchev–Trinajstić information content (AvgIpc) is 2.55. The number of alkyl carbamates (subject to hydrolysis) is 1. The molecule has 150 valence electrons. The van der Waals surface area contributed by atoms with Gasteiger partial charge in [-0.3, -0.25) is 9.78 Å². The van der Waals surface area contributed by atoms with E-state index in [4.69, 9.17) is 4.74 Å². The Morgan fingerprint density at radius 2 is 1.79 bits per heavy atom. The first-order valence-corrected chi connectivity index (χ1v) is 8.51. The molecule has 7 nitrogen and oxygen atoms in total. The highest BCUT2D eigenvalue weighted by Gasteiger charge is 2.21. The van der Waals surface area contributed by atoms with Crippen LogP contribution in [0.2, 0.25) is 0 Å². The van der Waals surface area contributed by atoms with Gasteiger partial charge < -0.3 is 20.7 Å². The van der Waals surface area contributed by atoms with E-state index in [1.807, 2.05) is 0 Å². The predicted octanol–water partition coefficient (Wildman–Crippen LogP) is 3.96. The summed E-state index contributed by atoms with van der Waals surface area (Å²) in [7, 11) is 0. The van der Waals surface area contributed by atoms with Gasteiger partial charge in [0.2, 0.25) is 5.91 Å². The van der Waals surface area contributed by atoms with Crippen molar-refractivity contribution < 1.29 is 23.1 Å². The molecule has 1 heterocycles. The van der Waals surface area contributed by atoms with Crippen LogP contribution in [-0.4, -0.2) is 28.6 Å². The van der Waals surface area contributed by atoms with Crippen molar-refractivity contribution in [2.24, 2.45) is 0 Å². The van der Waals surface area contributed by atoms with E-state index >= 15 is 0 Å². The maximum atomic E-state index is 13.7. The second-order valence-electron chi connectivity index (χ2n) is 7.06. The first kappa shape index (κ1) is 21.1. The number of carbonyl (C=O) groups is 2. The van der Waals surface area contributed by atoms with Gasteiger partial charge in [0.05, 0.1) is 29.5 Å². The zero-order valence-electron chi connectivity index (χ0n) is 16.0. The molecule has 0 aliphatic rings. The molecule has 0 radical (unpaired) electrons. The van der Waals surface area contributed by atoms with Crippen molar-refractivity contribution in [2.75, 3.05) is 10.6 Å². The fourth-order valence-corrected chi connectivity index (χ4v) is 2.16. The van der Waals surface area contributed by atoms with E-state index < -0.39 is 35.3 Å². The number of ether oxygens (including phenoxy) is 1. The van der Waals surface area contributed by atoms with E-state index in [1.54, 1.807) is 20.8 Å². The highest BCUT2D eigenvalue weighted by atomic mass is 19.1. The summed E-state index contributed by atoms with van der Waals surface area (Å²) in [5.41, 5.74) is 0.0552. The lowest BCUT2D eigenvalue weighted by molar-refractivity contribution is -0.117. The summed E-state index contributed by atoms with van der Waals surface area (Å²) >= 11 is 0. The molecular weight excluding hydrogens is 370 g/mol. The normalized spacial score (nSPS) is 12.1. The summed E-state index contributed by atoms with van der Waals surface area (Å²) in [4.78, 5) is 27.9. The molecule has 0 saturated carbocycles. The van der Waals surface area contributed by atoms with E-state index in [0.29, 0.717) is 11.4 Å². The van der Waals surface area contributed by atoms with Gasteiger partial charge in [-0.1, -0.05) is 0 Å². The van der Waals surface area contributed by atoms with Crippen molar-refractivity contribution in [3.63, 3.8) is 0 Å². The summed E-state index contributed by atoms with van der Waals surface area (Å²) in [5.74, 6) is -1.71. The molecule has 1 atom stereocenters. The summed E-state index contributed by atoms with van der Waals surface area (Å²) in [6, 6.07) is 3.94. The third kappa shape index (κ3) is 6.49. The minimum Gasteiger partial charge on any atom is -0.444 e. The maximum Gasteiger partial charge on any atom is 0.408 e. The van der Waals surface area contributed by atoms with Gasteiger partial charge >= 0.3 is 6.09 Å². The van der Waals surface area contributed by atoms with E-state index in [2.05, 4.69) is 20.9 Å². The Morgan fingerprint density at radius 1 is 1.07 bits per heavy atom. The first-order chi connectivity index (χ1) is 13.0. The van der Waals surface area contributed by atoms with Crippen molar-refractivity contribution in [3.8, 4) is 0 Å². The van der Waals surface area contributed by atoms with Crippen molar-refractivity contribution in [3.05, 3.63) is 48.3 Å². The number of amides is 2. The molecule has 2 amide bonds. The molecule has 0 bridgehead atoms. The summed E-state index contributed by atoms with van der Waals surface area (Å²) in [6.45, 7) is 6.55. The summed E-state index contributed by atoms with van der Waals surface area (Å²) in [6.07, 6.45) is 1.67. The first-order valence-electron chi connectivity index (χ1n) is 8.51. The van der Waals surface area contributed by atoms with Crippen LogP contribution in [0.4, 0.5) is 30.6 Å². The Hall–Kier alpha value is -3.23. The quantitative estimate of drug-likeness (QED) is 0.716. The molecule has 1 aromatic heterocycles. The summed E-state index contributed by atoms with van der Waals surface area (Å²) in [5, 5.41) is 7.79.